The number of nitrogens with zero attached hydrogens (tertiary/aromatic N) is 3. The van der Waals surface area contributed by atoms with Crippen molar-refractivity contribution in [2.45, 2.75) is 6.42 Å². The van der Waals surface area contributed by atoms with Crippen molar-refractivity contribution in [1.82, 2.24) is 20.2 Å². The predicted octanol–water partition coefficient (Wildman–Crippen LogP) is 4.45. The van der Waals surface area contributed by atoms with E-state index in [-0.39, 0.29) is 5.91 Å². The fraction of sp³-hybridized carbons (Fsp3) is 0.0400. The number of H-pyrrole nitrogens is 1. The maximum Gasteiger partial charge on any atom is 0.276 e. The van der Waals surface area contributed by atoms with Crippen molar-refractivity contribution in [2.75, 3.05) is 11.1 Å². The van der Waals surface area contributed by atoms with Crippen molar-refractivity contribution in [3.8, 4) is 11.1 Å². The number of aromatic nitrogens is 4. The zero-order valence-electron chi connectivity index (χ0n) is 17.1. The number of aromatic amines is 1. The predicted molar refractivity (Wildman–Crippen MR) is 125 cm³/mol. The van der Waals surface area contributed by atoms with Crippen LogP contribution in [0.1, 0.15) is 21.7 Å². The van der Waals surface area contributed by atoms with E-state index in [9.17, 15) is 4.79 Å². The van der Waals surface area contributed by atoms with Gasteiger partial charge in [0.1, 0.15) is 0 Å². The van der Waals surface area contributed by atoms with Crippen LogP contribution in [-0.4, -0.2) is 26.1 Å². The summed E-state index contributed by atoms with van der Waals surface area (Å²) < 4.78 is 0. The lowest BCUT2D eigenvalue weighted by atomic mass is 10.0. The van der Waals surface area contributed by atoms with Crippen molar-refractivity contribution in [2.24, 2.45) is 0 Å². The van der Waals surface area contributed by atoms with Crippen molar-refractivity contribution in [3.63, 3.8) is 0 Å². The average molecular weight is 420 g/mol. The summed E-state index contributed by atoms with van der Waals surface area (Å²) in [7, 11) is 0. The van der Waals surface area contributed by atoms with Crippen LogP contribution in [0.15, 0.2) is 85.3 Å². The molecule has 0 saturated heterocycles. The molecule has 0 aliphatic carbocycles. The molecular formula is C25H20N6O. The van der Waals surface area contributed by atoms with Crippen LogP contribution in [0.3, 0.4) is 0 Å². The molecule has 0 aliphatic heterocycles. The highest BCUT2D eigenvalue weighted by molar-refractivity contribution is 6.11. The minimum Gasteiger partial charge on any atom is -0.397 e. The highest BCUT2D eigenvalue weighted by Crippen LogP contribution is 2.26. The Morgan fingerprint density at radius 1 is 0.938 bits per heavy atom. The van der Waals surface area contributed by atoms with Gasteiger partial charge in [-0.25, -0.2) is 0 Å². The Bertz CT molecular complexity index is 1390. The fourth-order valence-corrected chi connectivity index (χ4v) is 3.58. The van der Waals surface area contributed by atoms with Crippen molar-refractivity contribution < 1.29 is 4.79 Å². The molecule has 7 heteroatoms. The molecule has 0 saturated carbocycles. The largest absolute Gasteiger partial charge is 0.397 e. The first-order valence-electron chi connectivity index (χ1n) is 10.1. The lowest BCUT2D eigenvalue weighted by Gasteiger charge is -2.06. The van der Waals surface area contributed by atoms with Gasteiger partial charge in [0.05, 0.1) is 23.1 Å². The lowest BCUT2D eigenvalue weighted by molar-refractivity contribution is 0.102. The minimum atomic E-state index is -0.309. The topological polar surface area (TPSA) is 110 Å². The van der Waals surface area contributed by atoms with Crippen LogP contribution in [0, 0.1) is 0 Å². The number of nitrogens with one attached hydrogen (secondary N) is 2. The molecule has 0 spiro atoms. The Kier molecular flexibility index (Phi) is 5.05. The second-order valence-corrected chi connectivity index (χ2v) is 7.49. The van der Waals surface area contributed by atoms with E-state index in [2.05, 4.69) is 37.6 Å². The third-order valence-corrected chi connectivity index (χ3v) is 5.18. The maximum atomic E-state index is 12.9. The zero-order chi connectivity index (χ0) is 21.9. The van der Waals surface area contributed by atoms with Gasteiger partial charge in [0.15, 0.2) is 5.69 Å². The molecule has 0 aliphatic rings. The van der Waals surface area contributed by atoms with Crippen LogP contribution in [0.4, 0.5) is 11.4 Å². The Balaban J connectivity index is 1.36. The average Bonchev–Trinajstić information content (AvgIpc) is 3.24. The minimum absolute atomic E-state index is 0.309. The van der Waals surface area contributed by atoms with E-state index >= 15 is 0 Å². The van der Waals surface area contributed by atoms with Crippen molar-refractivity contribution >= 4 is 28.2 Å². The highest BCUT2D eigenvalue weighted by atomic mass is 16.1. The molecule has 0 fully saturated rings. The number of carbonyl (C=O) groups excluding carboxylic acids is 1. The smallest absolute Gasteiger partial charge is 0.276 e. The first kappa shape index (κ1) is 19.4. The normalized spacial score (nSPS) is 10.9. The van der Waals surface area contributed by atoms with E-state index in [0.29, 0.717) is 17.1 Å². The second kappa shape index (κ2) is 8.31. The lowest BCUT2D eigenvalue weighted by Crippen LogP contribution is -2.13. The molecule has 5 aromatic rings. The maximum absolute atomic E-state index is 12.9. The van der Waals surface area contributed by atoms with E-state index in [1.54, 1.807) is 18.6 Å². The van der Waals surface area contributed by atoms with E-state index in [4.69, 9.17) is 5.73 Å². The number of rotatable bonds is 5. The molecule has 3 heterocycles. The van der Waals surface area contributed by atoms with Gasteiger partial charge in [0.25, 0.3) is 5.91 Å². The van der Waals surface area contributed by atoms with Gasteiger partial charge in [-0.1, -0.05) is 36.4 Å². The summed E-state index contributed by atoms with van der Waals surface area (Å²) >= 11 is 0. The van der Waals surface area contributed by atoms with Crippen LogP contribution >= 0.6 is 0 Å². The molecule has 156 valence electrons. The number of benzene rings is 2. The van der Waals surface area contributed by atoms with Gasteiger partial charge in [-0.2, -0.15) is 5.10 Å². The van der Waals surface area contributed by atoms with Gasteiger partial charge >= 0.3 is 0 Å². The standard InChI is InChI=1S/C25H20N6O/c26-19-11-18(13-27-14-19)17-6-9-23-22(12-17)24(31-30-23)25(32)29-21-8-7-20(28-15-21)10-16-4-2-1-3-5-16/h1-9,11-15H,10,26H2,(H,29,32)(H,30,31). The molecule has 2 aromatic carbocycles. The highest BCUT2D eigenvalue weighted by Gasteiger charge is 2.15. The molecule has 7 nitrogen and oxygen atoms in total. The molecule has 4 N–H and O–H groups in total. The third-order valence-electron chi connectivity index (χ3n) is 5.18. The quantitative estimate of drug-likeness (QED) is 0.389. The van der Waals surface area contributed by atoms with Crippen LogP contribution < -0.4 is 11.1 Å². The first-order chi connectivity index (χ1) is 15.7. The number of nitrogen functional groups attached to an aromatic ring is 1. The van der Waals surface area contributed by atoms with Crippen LogP contribution in [0.2, 0.25) is 0 Å². The molecule has 0 unspecified atom stereocenters. The number of hydrogen-bond donors (Lipinski definition) is 3. The van der Waals surface area contributed by atoms with E-state index < -0.39 is 0 Å². The monoisotopic (exact) mass is 420 g/mol. The van der Waals surface area contributed by atoms with E-state index in [1.807, 2.05) is 54.6 Å². The second-order valence-electron chi connectivity index (χ2n) is 7.49. The summed E-state index contributed by atoms with van der Waals surface area (Å²) in [5.41, 5.74) is 12.0. The summed E-state index contributed by atoms with van der Waals surface area (Å²) in [5.74, 6) is -0.309. The fourth-order valence-electron chi connectivity index (χ4n) is 3.58. The number of carbonyl (C=O) groups is 1. The Hall–Kier alpha value is -4.52. The van der Waals surface area contributed by atoms with E-state index in [1.165, 1.54) is 5.56 Å². The molecule has 0 bridgehead atoms. The van der Waals surface area contributed by atoms with Gasteiger partial charge in [-0.05, 0) is 41.5 Å². The van der Waals surface area contributed by atoms with Crippen LogP contribution in [0.5, 0.6) is 0 Å². The molecule has 0 radical (unpaired) electrons. The van der Waals surface area contributed by atoms with Gasteiger partial charge in [0.2, 0.25) is 0 Å². The Morgan fingerprint density at radius 2 is 1.81 bits per heavy atom. The van der Waals surface area contributed by atoms with E-state index in [0.717, 1.165) is 34.1 Å². The summed E-state index contributed by atoms with van der Waals surface area (Å²) in [5, 5.41) is 10.7. The number of nitrogens with two attached hydrogens (primary N) is 1. The molecule has 5 rings (SSSR count). The van der Waals surface area contributed by atoms with Gasteiger partial charge < -0.3 is 11.1 Å². The summed E-state index contributed by atoms with van der Waals surface area (Å²) in [6.07, 6.45) is 5.73. The number of anilines is 2. The summed E-state index contributed by atoms with van der Waals surface area (Å²) in [6, 6.07) is 21.5. The van der Waals surface area contributed by atoms with Crippen molar-refractivity contribution in [1.29, 1.82) is 0 Å². The summed E-state index contributed by atoms with van der Waals surface area (Å²) in [4.78, 5) is 21.5. The SMILES string of the molecule is Nc1cncc(-c2ccc3[nH]nc(C(=O)Nc4ccc(Cc5ccccc5)nc4)c3c2)c1. The number of fused-ring (bicyclic) bond motifs is 1. The van der Waals surface area contributed by atoms with Crippen LogP contribution in [0.25, 0.3) is 22.0 Å². The number of hydrogen-bond acceptors (Lipinski definition) is 5. The molecule has 3 aromatic heterocycles. The molecular weight excluding hydrogens is 400 g/mol. The molecule has 0 atom stereocenters. The Morgan fingerprint density at radius 3 is 2.59 bits per heavy atom. The zero-order valence-corrected chi connectivity index (χ0v) is 17.1. The van der Waals surface area contributed by atoms with Gasteiger partial charge in [-0.3, -0.25) is 19.9 Å². The Labute approximate surface area is 184 Å². The third kappa shape index (κ3) is 4.04. The molecule has 1 amide bonds. The summed E-state index contributed by atoms with van der Waals surface area (Å²) in [6.45, 7) is 0. The number of amides is 1. The van der Waals surface area contributed by atoms with Crippen molar-refractivity contribution in [3.05, 3.63) is 102 Å². The van der Waals surface area contributed by atoms with Gasteiger partial charge in [-0.15, -0.1) is 0 Å². The molecule has 32 heavy (non-hydrogen) atoms. The van der Waals surface area contributed by atoms with Gasteiger partial charge in [0, 0.05) is 35.5 Å². The van der Waals surface area contributed by atoms with Crippen LogP contribution in [-0.2, 0) is 6.42 Å². The first-order valence-corrected chi connectivity index (χ1v) is 10.1. The number of pyridine rings is 2.